The van der Waals surface area contributed by atoms with Gasteiger partial charge >= 0.3 is 5.97 Å². The number of aromatic amines is 1. The lowest BCUT2D eigenvalue weighted by Crippen LogP contribution is -2.45. The van der Waals surface area contributed by atoms with Gasteiger partial charge in [-0.2, -0.15) is 0 Å². The maximum Gasteiger partial charge on any atom is 0.323 e. The van der Waals surface area contributed by atoms with Crippen LogP contribution in [0.2, 0.25) is 0 Å². The standard InChI is InChI=1S/C21H20N2O3/c1-25-21(24)17-11-15-14-4-2-3-5-16(14)22-20(15)19(23-17)13-6-7-18-12(10-13)8-9-26-18/h2-7,10,17,19,22-23H,8-9,11H2,1H3/t17-,19-/m1/s1. The molecule has 0 saturated carbocycles. The van der Waals surface area contributed by atoms with Gasteiger partial charge in [-0.3, -0.25) is 10.1 Å². The van der Waals surface area contributed by atoms with Gasteiger partial charge in [0.25, 0.3) is 0 Å². The minimum absolute atomic E-state index is 0.0823. The molecule has 2 atom stereocenters. The molecule has 0 saturated heterocycles. The number of benzene rings is 2. The van der Waals surface area contributed by atoms with Gasteiger partial charge < -0.3 is 14.5 Å². The number of methoxy groups -OCH3 is 1. The topological polar surface area (TPSA) is 63.4 Å². The van der Waals surface area contributed by atoms with Gasteiger partial charge in [-0.25, -0.2) is 0 Å². The molecule has 1 aromatic heterocycles. The van der Waals surface area contributed by atoms with Crippen LogP contribution in [0.3, 0.4) is 0 Å². The Hall–Kier alpha value is -2.79. The number of carbonyl (C=O) groups is 1. The fourth-order valence-corrected chi connectivity index (χ4v) is 4.18. The normalized spacial score (nSPS) is 21.1. The summed E-state index contributed by atoms with van der Waals surface area (Å²) in [5.41, 5.74) is 5.78. The second kappa shape index (κ2) is 5.88. The van der Waals surface area contributed by atoms with Crippen molar-refractivity contribution in [2.75, 3.05) is 13.7 Å². The van der Waals surface area contributed by atoms with Gasteiger partial charge in [-0.15, -0.1) is 0 Å². The van der Waals surface area contributed by atoms with Crippen LogP contribution in [0.1, 0.15) is 28.4 Å². The first kappa shape index (κ1) is 15.5. The molecule has 3 heterocycles. The van der Waals surface area contributed by atoms with Gasteiger partial charge in [0.1, 0.15) is 11.8 Å². The van der Waals surface area contributed by atoms with Gasteiger partial charge in [-0.1, -0.05) is 30.3 Å². The minimum Gasteiger partial charge on any atom is -0.493 e. The van der Waals surface area contributed by atoms with E-state index in [1.54, 1.807) is 0 Å². The molecule has 2 aromatic carbocycles. The number of carbonyl (C=O) groups excluding carboxylic acids is 1. The molecule has 0 amide bonds. The van der Waals surface area contributed by atoms with Crippen LogP contribution in [0.5, 0.6) is 5.75 Å². The maximum atomic E-state index is 12.3. The van der Waals surface area contributed by atoms with Crippen LogP contribution in [0.15, 0.2) is 42.5 Å². The van der Waals surface area contributed by atoms with E-state index in [1.807, 2.05) is 18.2 Å². The Kier molecular flexibility index (Phi) is 3.50. The van der Waals surface area contributed by atoms with Crippen molar-refractivity contribution in [1.29, 1.82) is 0 Å². The molecule has 5 rings (SSSR count). The fourth-order valence-electron chi connectivity index (χ4n) is 4.18. The Morgan fingerprint density at radius 3 is 3.00 bits per heavy atom. The molecule has 2 aliphatic heterocycles. The van der Waals surface area contributed by atoms with Crippen LogP contribution >= 0.6 is 0 Å². The summed E-state index contributed by atoms with van der Waals surface area (Å²) in [4.78, 5) is 15.8. The number of para-hydroxylation sites is 1. The van der Waals surface area contributed by atoms with E-state index >= 15 is 0 Å². The highest BCUT2D eigenvalue weighted by atomic mass is 16.5. The second-order valence-electron chi connectivity index (χ2n) is 6.91. The van der Waals surface area contributed by atoms with E-state index in [-0.39, 0.29) is 18.1 Å². The molecule has 5 heteroatoms. The molecule has 26 heavy (non-hydrogen) atoms. The predicted octanol–water partition coefficient (Wildman–Crippen LogP) is 2.88. The third kappa shape index (κ3) is 2.31. The molecule has 0 radical (unpaired) electrons. The van der Waals surface area contributed by atoms with Crippen LogP contribution in [0.4, 0.5) is 0 Å². The molecule has 0 spiro atoms. The van der Waals surface area contributed by atoms with Crippen molar-refractivity contribution in [3.8, 4) is 5.75 Å². The lowest BCUT2D eigenvalue weighted by molar-refractivity contribution is -0.143. The number of H-pyrrole nitrogens is 1. The zero-order chi connectivity index (χ0) is 17.7. The maximum absolute atomic E-state index is 12.3. The highest BCUT2D eigenvalue weighted by Crippen LogP contribution is 2.37. The summed E-state index contributed by atoms with van der Waals surface area (Å²) in [6.07, 6.45) is 1.55. The number of aromatic nitrogens is 1. The third-order valence-corrected chi connectivity index (χ3v) is 5.44. The number of esters is 1. The molecular formula is C21H20N2O3. The van der Waals surface area contributed by atoms with Crippen molar-refractivity contribution >= 4 is 16.9 Å². The lowest BCUT2D eigenvalue weighted by Gasteiger charge is -2.30. The van der Waals surface area contributed by atoms with E-state index < -0.39 is 0 Å². The van der Waals surface area contributed by atoms with Crippen LogP contribution in [0, 0.1) is 0 Å². The van der Waals surface area contributed by atoms with Crippen LogP contribution in [0.25, 0.3) is 10.9 Å². The summed E-state index contributed by atoms with van der Waals surface area (Å²) in [5, 5.41) is 4.66. The van der Waals surface area contributed by atoms with Gasteiger partial charge in [0.2, 0.25) is 0 Å². The number of ether oxygens (including phenoxy) is 2. The van der Waals surface area contributed by atoms with Crippen LogP contribution < -0.4 is 10.1 Å². The highest BCUT2D eigenvalue weighted by Gasteiger charge is 2.34. The van der Waals surface area contributed by atoms with Crippen molar-refractivity contribution < 1.29 is 14.3 Å². The van der Waals surface area contributed by atoms with Crippen molar-refractivity contribution in [1.82, 2.24) is 10.3 Å². The molecule has 3 aromatic rings. The Morgan fingerprint density at radius 2 is 2.12 bits per heavy atom. The summed E-state index contributed by atoms with van der Waals surface area (Å²) in [6, 6.07) is 14.1. The molecule has 0 unspecified atom stereocenters. The zero-order valence-electron chi connectivity index (χ0n) is 14.5. The number of nitrogens with one attached hydrogen (secondary N) is 2. The first-order valence-corrected chi connectivity index (χ1v) is 8.93. The fraction of sp³-hybridized carbons (Fsp3) is 0.286. The van der Waals surface area contributed by atoms with E-state index in [4.69, 9.17) is 9.47 Å². The molecule has 0 bridgehead atoms. The number of hydrogen-bond acceptors (Lipinski definition) is 4. The molecule has 2 N–H and O–H groups in total. The SMILES string of the molecule is COC(=O)[C@H]1Cc2c([nH]c3ccccc23)[C@@H](c2ccc3c(c2)CCO3)N1. The van der Waals surface area contributed by atoms with Gasteiger partial charge in [0.05, 0.1) is 19.8 Å². The van der Waals surface area contributed by atoms with Gasteiger partial charge in [-0.05, 0) is 28.8 Å². The summed E-state index contributed by atoms with van der Waals surface area (Å²) < 4.78 is 10.7. The average Bonchev–Trinajstić information content (AvgIpc) is 3.30. The largest absolute Gasteiger partial charge is 0.493 e. The van der Waals surface area contributed by atoms with E-state index in [1.165, 1.54) is 23.6 Å². The molecular weight excluding hydrogens is 328 g/mol. The van der Waals surface area contributed by atoms with Crippen molar-refractivity contribution in [3.63, 3.8) is 0 Å². The minimum atomic E-state index is -0.360. The number of rotatable bonds is 2. The zero-order valence-corrected chi connectivity index (χ0v) is 14.5. The van der Waals surface area contributed by atoms with Crippen molar-refractivity contribution in [3.05, 3.63) is 64.8 Å². The molecule has 0 aliphatic carbocycles. The van der Waals surface area contributed by atoms with Crippen LogP contribution in [-0.4, -0.2) is 30.7 Å². The predicted molar refractivity (Wildman–Crippen MR) is 98.4 cm³/mol. The summed E-state index contributed by atoms with van der Waals surface area (Å²) in [7, 11) is 1.44. The Bertz CT molecular complexity index is 1010. The Labute approximate surface area is 151 Å². The van der Waals surface area contributed by atoms with E-state index in [0.29, 0.717) is 6.42 Å². The summed E-state index contributed by atoms with van der Waals surface area (Å²) in [6.45, 7) is 0.735. The Morgan fingerprint density at radius 1 is 1.23 bits per heavy atom. The monoisotopic (exact) mass is 348 g/mol. The molecule has 2 aliphatic rings. The Balaban J connectivity index is 1.65. The second-order valence-corrected chi connectivity index (χ2v) is 6.91. The van der Waals surface area contributed by atoms with Crippen molar-refractivity contribution in [2.24, 2.45) is 0 Å². The van der Waals surface area contributed by atoms with Crippen LogP contribution in [-0.2, 0) is 22.4 Å². The van der Waals surface area contributed by atoms with E-state index in [0.717, 1.165) is 35.6 Å². The lowest BCUT2D eigenvalue weighted by atomic mass is 9.89. The first-order valence-electron chi connectivity index (χ1n) is 8.93. The van der Waals surface area contributed by atoms with Crippen molar-refractivity contribution in [2.45, 2.75) is 24.9 Å². The first-order chi connectivity index (χ1) is 12.7. The average molecular weight is 348 g/mol. The molecule has 0 fully saturated rings. The summed E-state index contributed by atoms with van der Waals surface area (Å²) >= 11 is 0. The molecule has 5 nitrogen and oxygen atoms in total. The number of fused-ring (bicyclic) bond motifs is 4. The summed E-state index contributed by atoms with van der Waals surface area (Å²) in [5.74, 6) is 0.737. The number of hydrogen-bond donors (Lipinski definition) is 2. The highest BCUT2D eigenvalue weighted by molar-refractivity contribution is 5.87. The molecule has 132 valence electrons. The van der Waals surface area contributed by atoms with Gasteiger partial charge in [0.15, 0.2) is 0 Å². The van der Waals surface area contributed by atoms with Gasteiger partial charge in [0, 0.05) is 29.4 Å². The van der Waals surface area contributed by atoms with E-state index in [9.17, 15) is 4.79 Å². The quantitative estimate of drug-likeness (QED) is 0.699. The smallest absolute Gasteiger partial charge is 0.323 e. The third-order valence-electron chi connectivity index (χ3n) is 5.44. The van der Waals surface area contributed by atoms with E-state index in [2.05, 4.69) is 34.6 Å².